The topological polar surface area (TPSA) is 32.3 Å². The van der Waals surface area contributed by atoms with Crippen LogP contribution < -0.4 is 5.32 Å². The molecular weight excluding hydrogens is 295 g/mol. The molecule has 1 saturated heterocycles. The normalized spacial score (nSPS) is 19.9. The molecule has 1 aliphatic heterocycles. The predicted octanol–water partition coefficient (Wildman–Crippen LogP) is 4.05. The molecule has 110 valence electrons. The van der Waals surface area contributed by atoms with Gasteiger partial charge < -0.3 is 10.2 Å². The Hall–Kier alpha value is -0.770. The zero-order valence-electron chi connectivity index (χ0n) is 11.7. The van der Waals surface area contributed by atoms with Crippen molar-refractivity contribution < 1.29 is 4.79 Å². The minimum atomic E-state index is -0.0209. The van der Waals surface area contributed by atoms with Crippen LogP contribution in [0.4, 0.5) is 5.69 Å². The third-order valence-electron chi connectivity index (χ3n) is 3.60. The fraction of sp³-hybridized carbons (Fsp3) is 0.533. The lowest BCUT2D eigenvalue weighted by molar-refractivity contribution is -0.116. The Morgan fingerprint density at radius 3 is 3.00 bits per heavy atom. The molecule has 0 spiro atoms. The average Bonchev–Trinajstić information content (AvgIpc) is 2.41. The number of likely N-dealkylation sites (tertiary alicyclic amines) is 1. The molecule has 0 bridgehead atoms. The molecule has 20 heavy (non-hydrogen) atoms. The standard InChI is InChI=1S/C15H20Cl2N2O/c1-11-3-2-7-19(10-11)8-6-15(20)18-14-9-12(16)4-5-13(14)17/h4-5,9,11H,2-3,6-8,10H2,1H3,(H,18,20). The Kier molecular flexibility index (Phi) is 5.70. The summed E-state index contributed by atoms with van der Waals surface area (Å²) in [6.07, 6.45) is 3.00. The number of amides is 1. The number of piperidine rings is 1. The van der Waals surface area contributed by atoms with E-state index < -0.39 is 0 Å². The highest BCUT2D eigenvalue weighted by atomic mass is 35.5. The maximum absolute atomic E-state index is 12.0. The highest BCUT2D eigenvalue weighted by Crippen LogP contribution is 2.25. The van der Waals surface area contributed by atoms with E-state index in [2.05, 4.69) is 17.1 Å². The molecule has 2 rings (SSSR count). The molecule has 1 aliphatic rings. The average molecular weight is 315 g/mol. The van der Waals surface area contributed by atoms with Gasteiger partial charge in [0.15, 0.2) is 0 Å². The maximum Gasteiger partial charge on any atom is 0.225 e. The van der Waals surface area contributed by atoms with Crippen molar-refractivity contribution in [1.29, 1.82) is 0 Å². The number of carbonyl (C=O) groups excluding carboxylic acids is 1. The summed E-state index contributed by atoms with van der Waals surface area (Å²) < 4.78 is 0. The third-order valence-corrected chi connectivity index (χ3v) is 4.16. The molecule has 1 unspecified atom stereocenters. The van der Waals surface area contributed by atoms with Crippen molar-refractivity contribution >= 4 is 34.8 Å². The second-order valence-corrected chi connectivity index (χ2v) is 6.31. The summed E-state index contributed by atoms with van der Waals surface area (Å²) in [6, 6.07) is 5.06. The summed E-state index contributed by atoms with van der Waals surface area (Å²) in [5.41, 5.74) is 0.580. The Bertz CT molecular complexity index is 479. The van der Waals surface area contributed by atoms with Gasteiger partial charge in [-0.1, -0.05) is 30.1 Å². The van der Waals surface area contributed by atoms with Gasteiger partial charge in [0.25, 0.3) is 0 Å². The molecule has 1 heterocycles. The molecule has 1 fully saturated rings. The molecule has 1 N–H and O–H groups in total. The molecule has 0 aliphatic carbocycles. The van der Waals surface area contributed by atoms with E-state index in [0.717, 1.165) is 25.6 Å². The molecular formula is C15H20Cl2N2O. The summed E-state index contributed by atoms with van der Waals surface area (Å²) in [5.74, 6) is 0.710. The first-order valence-corrected chi connectivity index (χ1v) is 7.77. The lowest BCUT2D eigenvalue weighted by Gasteiger charge is -2.30. The first kappa shape index (κ1) is 15.6. The molecule has 1 aromatic carbocycles. The van der Waals surface area contributed by atoms with E-state index >= 15 is 0 Å². The fourth-order valence-electron chi connectivity index (χ4n) is 2.56. The number of halogens is 2. The minimum absolute atomic E-state index is 0.0209. The van der Waals surface area contributed by atoms with Gasteiger partial charge in [0.2, 0.25) is 5.91 Å². The second-order valence-electron chi connectivity index (χ2n) is 5.47. The summed E-state index contributed by atoms with van der Waals surface area (Å²) >= 11 is 11.9. The van der Waals surface area contributed by atoms with Crippen LogP contribution >= 0.6 is 23.2 Å². The van der Waals surface area contributed by atoms with E-state index in [1.54, 1.807) is 18.2 Å². The first-order valence-electron chi connectivity index (χ1n) is 7.02. The summed E-state index contributed by atoms with van der Waals surface area (Å²) in [5, 5.41) is 3.89. The van der Waals surface area contributed by atoms with Gasteiger partial charge >= 0.3 is 0 Å². The van der Waals surface area contributed by atoms with Crippen LogP contribution in [0.2, 0.25) is 10.0 Å². The number of hydrogen-bond acceptors (Lipinski definition) is 2. The molecule has 1 amide bonds. The molecule has 0 saturated carbocycles. The quantitative estimate of drug-likeness (QED) is 0.909. The Labute approximate surface area is 130 Å². The van der Waals surface area contributed by atoms with Crippen molar-refractivity contribution in [3.05, 3.63) is 28.2 Å². The van der Waals surface area contributed by atoms with Crippen molar-refractivity contribution in [2.24, 2.45) is 5.92 Å². The largest absolute Gasteiger partial charge is 0.325 e. The zero-order chi connectivity index (χ0) is 14.5. The van der Waals surface area contributed by atoms with Gasteiger partial charge in [0.1, 0.15) is 0 Å². The van der Waals surface area contributed by atoms with Crippen molar-refractivity contribution in [3.8, 4) is 0 Å². The van der Waals surface area contributed by atoms with Gasteiger partial charge in [0, 0.05) is 24.5 Å². The first-order chi connectivity index (χ1) is 9.54. The monoisotopic (exact) mass is 314 g/mol. The van der Waals surface area contributed by atoms with Crippen LogP contribution in [0.5, 0.6) is 0 Å². The number of carbonyl (C=O) groups is 1. The zero-order valence-corrected chi connectivity index (χ0v) is 13.2. The van der Waals surface area contributed by atoms with E-state index in [9.17, 15) is 4.79 Å². The van der Waals surface area contributed by atoms with Crippen molar-refractivity contribution in [2.75, 3.05) is 25.0 Å². The van der Waals surface area contributed by atoms with Crippen molar-refractivity contribution in [1.82, 2.24) is 4.90 Å². The van der Waals surface area contributed by atoms with Crippen LogP contribution in [0.1, 0.15) is 26.2 Å². The Balaban J connectivity index is 1.82. The maximum atomic E-state index is 12.0. The second kappa shape index (κ2) is 7.30. The number of benzene rings is 1. The van der Waals surface area contributed by atoms with Crippen LogP contribution in [-0.2, 0) is 4.79 Å². The number of nitrogens with one attached hydrogen (secondary N) is 1. The molecule has 1 aromatic rings. The summed E-state index contributed by atoms with van der Waals surface area (Å²) in [6.45, 7) is 5.24. The summed E-state index contributed by atoms with van der Waals surface area (Å²) in [4.78, 5) is 14.3. The van der Waals surface area contributed by atoms with Crippen LogP contribution in [0.25, 0.3) is 0 Å². The predicted molar refractivity (Wildman–Crippen MR) is 84.5 cm³/mol. The molecule has 3 nitrogen and oxygen atoms in total. The minimum Gasteiger partial charge on any atom is -0.325 e. The van der Waals surface area contributed by atoms with Gasteiger partial charge in [-0.3, -0.25) is 4.79 Å². The van der Waals surface area contributed by atoms with Crippen LogP contribution in [-0.4, -0.2) is 30.4 Å². The number of nitrogens with zero attached hydrogens (tertiary/aromatic N) is 1. The van der Waals surface area contributed by atoms with Crippen molar-refractivity contribution in [3.63, 3.8) is 0 Å². The van der Waals surface area contributed by atoms with Gasteiger partial charge in [-0.05, 0) is 43.5 Å². The van der Waals surface area contributed by atoms with E-state index in [-0.39, 0.29) is 5.91 Å². The molecule has 1 atom stereocenters. The highest BCUT2D eigenvalue weighted by Gasteiger charge is 2.17. The van der Waals surface area contributed by atoms with E-state index in [0.29, 0.717) is 22.2 Å². The fourth-order valence-corrected chi connectivity index (χ4v) is 2.89. The van der Waals surface area contributed by atoms with Gasteiger partial charge in [-0.2, -0.15) is 0 Å². The van der Waals surface area contributed by atoms with Gasteiger partial charge in [0.05, 0.1) is 10.7 Å². The molecule has 5 heteroatoms. The van der Waals surface area contributed by atoms with Crippen LogP contribution in [0, 0.1) is 5.92 Å². The van der Waals surface area contributed by atoms with Gasteiger partial charge in [-0.25, -0.2) is 0 Å². The Morgan fingerprint density at radius 2 is 2.25 bits per heavy atom. The third kappa shape index (κ3) is 4.65. The van der Waals surface area contributed by atoms with Crippen LogP contribution in [0.15, 0.2) is 18.2 Å². The number of rotatable bonds is 4. The van der Waals surface area contributed by atoms with Gasteiger partial charge in [-0.15, -0.1) is 0 Å². The lowest BCUT2D eigenvalue weighted by atomic mass is 10.0. The molecule has 0 radical (unpaired) electrons. The smallest absolute Gasteiger partial charge is 0.225 e. The lowest BCUT2D eigenvalue weighted by Crippen LogP contribution is -2.36. The number of hydrogen-bond donors (Lipinski definition) is 1. The van der Waals surface area contributed by atoms with E-state index in [4.69, 9.17) is 23.2 Å². The van der Waals surface area contributed by atoms with Crippen LogP contribution in [0.3, 0.4) is 0 Å². The number of anilines is 1. The SMILES string of the molecule is CC1CCCN(CCC(=O)Nc2cc(Cl)ccc2Cl)C1. The van der Waals surface area contributed by atoms with Crippen molar-refractivity contribution in [2.45, 2.75) is 26.2 Å². The summed E-state index contributed by atoms with van der Waals surface area (Å²) in [7, 11) is 0. The highest BCUT2D eigenvalue weighted by molar-refractivity contribution is 6.35. The van der Waals surface area contributed by atoms with E-state index in [1.165, 1.54) is 12.8 Å². The molecule has 0 aromatic heterocycles. The van der Waals surface area contributed by atoms with E-state index in [1.807, 2.05) is 0 Å². The Morgan fingerprint density at radius 1 is 1.45 bits per heavy atom.